The molecular formula is C30H34N2O3. The Morgan fingerprint density at radius 1 is 0.971 bits per heavy atom. The van der Waals surface area contributed by atoms with Crippen molar-refractivity contribution >= 4 is 11.8 Å². The minimum Gasteiger partial charge on any atom is -0.488 e. The van der Waals surface area contributed by atoms with Crippen molar-refractivity contribution in [3.05, 3.63) is 83.4 Å². The molecule has 1 atom stereocenters. The summed E-state index contributed by atoms with van der Waals surface area (Å²) in [5.41, 5.74) is 7.20. The van der Waals surface area contributed by atoms with Crippen LogP contribution in [0.5, 0.6) is 5.75 Å². The summed E-state index contributed by atoms with van der Waals surface area (Å²) in [5, 5.41) is 6.41. The second kappa shape index (κ2) is 10.9. The van der Waals surface area contributed by atoms with Crippen LogP contribution in [0.4, 0.5) is 10.5 Å². The van der Waals surface area contributed by atoms with E-state index < -0.39 is 6.09 Å². The minimum absolute atomic E-state index is 0.0630. The van der Waals surface area contributed by atoms with Crippen LogP contribution in [-0.2, 0) is 11.2 Å². The molecule has 1 aliphatic carbocycles. The van der Waals surface area contributed by atoms with Crippen LogP contribution in [-0.4, -0.2) is 31.9 Å². The Hall–Kier alpha value is -3.47. The Morgan fingerprint density at radius 3 is 2.46 bits per heavy atom. The molecule has 0 aromatic heterocycles. The molecule has 2 N–H and O–H groups in total. The van der Waals surface area contributed by atoms with E-state index in [-0.39, 0.29) is 12.0 Å². The van der Waals surface area contributed by atoms with Gasteiger partial charge in [-0.3, -0.25) is 0 Å². The first kappa shape index (κ1) is 23.3. The Labute approximate surface area is 207 Å². The lowest BCUT2D eigenvalue weighted by molar-refractivity contribution is 0.136. The summed E-state index contributed by atoms with van der Waals surface area (Å²) in [6.07, 6.45) is 5.30. The second-order valence-corrected chi connectivity index (χ2v) is 9.46. The standard InChI is InChI=1S/C30H34N2O3/c1-2-3-4-9-16-31-22-14-15-29-21(17-22)18-23(35-29)19-32-30(33)34-20-28-26-12-7-5-10-24(26)25-11-6-8-13-27(25)28/h5-8,10-15,17,23,28,31H,2-4,9,16,18-20H2,1H3,(H,32,33). The van der Waals surface area contributed by atoms with E-state index >= 15 is 0 Å². The number of hydrogen-bond acceptors (Lipinski definition) is 4. The first-order valence-electron chi connectivity index (χ1n) is 12.8. The highest BCUT2D eigenvalue weighted by Gasteiger charge is 2.29. The molecule has 0 saturated heterocycles. The summed E-state index contributed by atoms with van der Waals surface area (Å²) >= 11 is 0. The Kier molecular flexibility index (Phi) is 7.22. The molecule has 35 heavy (non-hydrogen) atoms. The monoisotopic (exact) mass is 470 g/mol. The van der Waals surface area contributed by atoms with E-state index in [0.29, 0.717) is 13.2 Å². The van der Waals surface area contributed by atoms with Crippen LogP contribution < -0.4 is 15.4 Å². The van der Waals surface area contributed by atoms with Crippen LogP contribution in [0.2, 0.25) is 0 Å². The molecule has 0 spiro atoms. The lowest BCUT2D eigenvalue weighted by Gasteiger charge is -2.16. The molecule has 1 heterocycles. The van der Waals surface area contributed by atoms with Crippen LogP contribution in [0.3, 0.4) is 0 Å². The summed E-state index contributed by atoms with van der Waals surface area (Å²) in [4.78, 5) is 12.5. The summed E-state index contributed by atoms with van der Waals surface area (Å²) < 4.78 is 11.7. The number of carbonyl (C=O) groups is 1. The first-order valence-corrected chi connectivity index (χ1v) is 12.8. The molecule has 182 valence electrons. The van der Waals surface area contributed by atoms with Crippen molar-refractivity contribution in [3.8, 4) is 16.9 Å². The van der Waals surface area contributed by atoms with Crippen molar-refractivity contribution in [2.75, 3.05) is 25.0 Å². The van der Waals surface area contributed by atoms with Crippen molar-refractivity contribution < 1.29 is 14.3 Å². The number of fused-ring (bicyclic) bond motifs is 4. The van der Waals surface area contributed by atoms with Gasteiger partial charge < -0.3 is 20.1 Å². The number of rotatable bonds is 10. The van der Waals surface area contributed by atoms with Gasteiger partial charge in [-0.1, -0.05) is 74.7 Å². The number of carbonyl (C=O) groups excluding carboxylic acids is 1. The van der Waals surface area contributed by atoms with Gasteiger partial charge in [0.1, 0.15) is 18.5 Å². The summed E-state index contributed by atoms with van der Waals surface area (Å²) in [5.74, 6) is 0.967. The van der Waals surface area contributed by atoms with Gasteiger partial charge in [0.15, 0.2) is 0 Å². The van der Waals surface area contributed by atoms with E-state index in [1.807, 2.05) is 18.2 Å². The fraction of sp³-hybridized carbons (Fsp3) is 0.367. The Morgan fingerprint density at radius 2 is 1.71 bits per heavy atom. The van der Waals surface area contributed by atoms with Gasteiger partial charge >= 0.3 is 6.09 Å². The smallest absolute Gasteiger partial charge is 0.407 e. The van der Waals surface area contributed by atoms with Crippen LogP contribution in [0.25, 0.3) is 11.1 Å². The third-order valence-electron chi connectivity index (χ3n) is 6.98. The molecule has 1 aliphatic heterocycles. The molecule has 1 amide bonds. The topological polar surface area (TPSA) is 59.6 Å². The maximum Gasteiger partial charge on any atom is 0.407 e. The van der Waals surface area contributed by atoms with Gasteiger partial charge in [-0.2, -0.15) is 0 Å². The molecule has 5 heteroatoms. The number of nitrogens with one attached hydrogen (secondary N) is 2. The highest BCUT2D eigenvalue weighted by molar-refractivity contribution is 5.79. The molecular weight excluding hydrogens is 436 g/mol. The molecule has 3 aromatic carbocycles. The quantitative estimate of drug-likeness (QED) is 0.331. The molecule has 1 unspecified atom stereocenters. The largest absolute Gasteiger partial charge is 0.488 e. The van der Waals surface area contributed by atoms with E-state index in [2.05, 4.69) is 66.1 Å². The number of benzene rings is 3. The number of anilines is 1. The number of ether oxygens (including phenoxy) is 2. The van der Waals surface area contributed by atoms with Gasteiger partial charge in [-0.05, 0) is 52.4 Å². The second-order valence-electron chi connectivity index (χ2n) is 9.46. The van der Waals surface area contributed by atoms with Gasteiger partial charge in [-0.25, -0.2) is 4.79 Å². The zero-order valence-corrected chi connectivity index (χ0v) is 20.4. The van der Waals surface area contributed by atoms with Gasteiger partial charge in [-0.15, -0.1) is 0 Å². The van der Waals surface area contributed by atoms with Crippen molar-refractivity contribution in [2.24, 2.45) is 0 Å². The van der Waals surface area contributed by atoms with Gasteiger partial charge in [0, 0.05) is 24.6 Å². The van der Waals surface area contributed by atoms with Crippen molar-refractivity contribution in [1.29, 1.82) is 0 Å². The average molecular weight is 471 g/mol. The predicted octanol–water partition coefficient (Wildman–Crippen LogP) is 6.52. The molecule has 0 fully saturated rings. The number of alkyl carbamates (subject to hydrolysis) is 1. The van der Waals surface area contributed by atoms with E-state index in [9.17, 15) is 4.79 Å². The fourth-order valence-electron chi connectivity index (χ4n) is 5.18. The maximum atomic E-state index is 12.5. The SMILES string of the molecule is CCCCCCNc1ccc2c(c1)CC(CNC(=O)OCC1c3ccccc3-c3ccccc31)O2. The fourth-order valence-corrected chi connectivity index (χ4v) is 5.18. The molecule has 5 rings (SSSR count). The van der Waals surface area contributed by atoms with Gasteiger partial charge in [0.05, 0.1) is 6.54 Å². The summed E-state index contributed by atoms with van der Waals surface area (Å²) in [6.45, 7) is 3.96. The predicted molar refractivity (Wildman–Crippen MR) is 140 cm³/mol. The van der Waals surface area contributed by atoms with Crippen LogP contribution in [0.1, 0.15) is 55.2 Å². The minimum atomic E-state index is -0.402. The van der Waals surface area contributed by atoms with Gasteiger partial charge in [0.2, 0.25) is 0 Å². The zero-order valence-electron chi connectivity index (χ0n) is 20.4. The van der Waals surface area contributed by atoms with Crippen molar-refractivity contribution in [1.82, 2.24) is 5.32 Å². The van der Waals surface area contributed by atoms with E-state index in [4.69, 9.17) is 9.47 Å². The molecule has 0 radical (unpaired) electrons. The number of amides is 1. The Balaban J connectivity index is 1.09. The molecule has 0 bridgehead atoms. The van der Waals surface area contributed by atoms with E-state index in [1.165, 1.54) is 53.5 Å². The maximum absolute atomic E-state index is 12.5. The lowest BCUT2D eigenvalue weighted by Crippen LogP contribution is -2.35. The summed E-state index contributed by atoms with van der Waals surface area (Å²) in [6, 6.07) is 23.0. The van der Waals surface area contributed by atoms with E-state index in [0.717, 1.165) is 24.4 Å². The average Bonchev–Trinajstić information content (AvgIpc) is 3.44. The zero-order chi connectivity index (χ0) is 24.0. The molecule has 3 aromatic rings. The third-order valence-corrected chi connectivity index (χ3v) is 6.98. The first-order chi connectivity index (χ1) is 17.2. The molecule has 2 aliphatic rings. The normalized spacial score (nSPS) is 15.6. The third kappa shape index (κ3) is 5.29. The number of hydrogen-bond donors (Lipinski definition) is 2. The van der Waals surface area contributed by atoms with Crippen molar-refractivity contribution in [3.63, 3.8) is 0 Å². The van der Waals surface area contributed by atoms with Crippen LogP contribution in [0, 0.1) is 0 Å². The highest BCUT2D eigenvalue weighted by Crippen LogP contribution is 2.44. The molecule has 5 nitrogen and oxygen atoms in total. The van der Waals surface area contributed by atoms with Crippen LogP contribution in [0.15, 0.2) is 66.7 Å². The van der Waals surface area contributed by atoms with E-state index in [1.54, 1.807) is 0 Å². The highest BCUT2D eigenvalue weighted by atomic mass is 16.5. The number of unbranched alkanes of at least 4 members (excludes halogenated alkanes) is 3. The summed E-state index contributed by atoms with van der Waals surface area (Å²) in [7, 11) is 0. The van der Waals surface area contributed by atoms with Crippen molar-refractivity contribution in [2.45, 2.75) is 51.0 Å². The lowest BCUT2D eigenvalue weighted by atomic mass is 9.98. The Bertz CT molecular complexity index is 1130. The van der Waals surface area contributed by atoms with Crippen LogP contribution >= 0.6 is 0 Å². The molecule has 0 saturated carbocycles. The van der Waals surface area contributed by atoms with Gasteiger partial charge in [0.25, 0.3) is 0 Å².